The third kappa shape index (κ3) is 2.93. The Kier molecular flexibility index (Phi) is 4.05. The number of anilines is 1. The van der Waals surface area contributed by atoms with Gasteiger partial charge in [-0.25, -0.2) is 4.39 Å². The number of para-hydroxylation sites is 2. The van der Waals surface area contributed by atoms with E-state index in [9.17, 15) is 14.3 Å². The lowest BCUT2D eigenvalue weighted by Crippen LogP contribution is -2.61. The van der Waals surface area contributed by atoms with E-state index in [1.165, 1.54) is 18.2 Å². The van der Waals surface area contributed by atoms with Crippen molar-refractivity contribution >= 4 is 11.6 Å². The zero-order valence-electron chi connectivity index (χ0n) is 13.5. The van der Waals surface area contributed by atoms with Crippen molar-refractivity contribution in [3.05, 3.63) is 59.9 Å². The summed E-state index contributed by atoms with van der Waals surface area (Å²) in [4.78, 5) is 12.3. The molecule has 0 bridgehead atoms. The molecular formula is C19H19FN2O3. The summed E-state index contributed by atoms with van der Waals surface area (Å²) in [6, 6.07) is 12.6. The number of carbonyl (C=O) groups excluding carboxylic acids is 1. The highest BCUT2D eigenvalue weighted by atomic mass is 19.1. The molecule has 0 radical (unpaired) electrons. The average molecular weight is 342 g/mol. The Bertz CT molecular complexity index is 798. The first-order chi connectivity index (χ1) is 12.1. The molecule has 1 heterocycles. The topological polar surface area (TPSA) is 70.6 Å². The highest BCUT2D eigenvalue weighted by Gasteiger charge is 2.43. The Morgan fingerprint density at radius 1 is 1.16 bits per heavy atom. The first-order valence-corrected chi connectivity index (χ1v) is 8.39. The number of ether oxygens (including phenoxy) is 1. The van der Waals surface area contributed by atoms with E-state index in [4.69, 9.17) is 4.74 Å². The summed E-state index contributed by atoms with van der Waals surface area (Å²) >= 11 is 0. The maximum absolute atomic E-state index is 13.8. The largest absolute Gasteiger partial charge is 0.486 e. The molecule has 4 atom stereocenters. The number of hydrogen-bond acceptors (Lipinski definition) is 4. The minimum atomic E-state index is -0.831. The molecule has 1 saturated carbocycles. The summed E-state index contributed by atoms with van der Waals surface area (Å²) in [6.07, 6.45) is 0.256. The Hall–Kier alpha value is -2.60. The summed E-state index contributed by atoms with van der Waals surface area (Å²) in [5, 5.41) is 16.8. The normalized spacial score (nSPS) is 27.3. The maximum atomic E-state index is 13.8. The summed E-state index contributed by atoms with van der Waals surface area (Å²) in [5.41, 5.74) is 0.805. The Morgan fingerprint density at radius 2 is 1.92 bits per heavy atom. The number of nitrogens with one attached hydrogen (secondary N) is 2. The van der Waals surface area contributed by atoms with Gasteiger partial charge in [0.25, 0.3) is 5.91 Å². The van der Waals surface area contributed by atoms with Crippen LogP contribution in [0.25, 0.3) is 0 Å². The fraction of sp³-hybridized carbons (Fsp3) is 0.316. The zero-order valence-corrected chi connectivity index (χ0v) is 13.5. The van der Waals surface area contributed by atoms with Crippen molar-refractivity contribution in [3.63, 3.8) is 0 Å². The van der Waals surface area contributed by atoms with Crippen LogP contribution in [0.3, 0.4) is 0 Å². The fourth-order valence-corrected chi connectivity index (χ4v) is 3.56. The molecule has 0 aromatic heterocycles. The van der Waals surface area contributed by atoms with Crippen LogP contribution in [-0.2, 0) is 0 Å². The van der Waals surface area contributed by atoms with Crippen LogP contribution in [0.15, 0.2) is 48.5 Å². The van der Waals surface area contributed by atoms with Gasteiger partial charge in [-0.15, -0.1) is 0 Å². The zero-order chi connectivity index (χ0) is 17.4. The summed E-state index contributed by atoms with van der Waals surface area (Å²) in [7, 11) is 0. The molecule has 25 heavy (non-hydrogen) atoms. The van der Waals surface area contributed by atoms with E-state index in [1.807, 2.05) is 24.3 Å². The third-order valence-corrected chi connectivity index (χ3v) is 4.87. The van der Waals surface area contributed by atoms with Crippen molar-refractivity contribution in [3.8, 4) is 5.75 Å². The lowest BCUT2D eigenvalue weighted by molar-refractivity contribution is 0.00954. The molecule has 1 aliphatic heterocycles. The number of hydrogen-bond donors (Lipinski definition) is 3. The quantitative estimate of drug-likeness (QED) is 0.783. The number of fused-ring (bicyclic) bond motifs is 2. The summed E-state index contributed by atoms with van der Waals surface area (Å²) in [5.74, 6) is -0.321. The molecule has 1 amide bonds. The van der Waals surface area contributed by atoms with Crippen molar-refractivity contribution in [1.82, 2.24) is 5.32 Å². The minimum Gasteiger partial charge on any atom is -0.486 e. The van der Waals surface area contributed by atoms with Crippen molar-refractivity contribution in [2.45, 2.75) is 37.1 Å². The van der Waals surface area contributed by atoms with E-state index in [-0.39, 0.29) is 17.7 Å². The maximum Gasteiger partial charge on any atom is 0.254 e. The number of aliphatic hydroxyl groups is 1. The monoisotopic (exact) mass is 342 g/mol. The molecule has 1 fully saturated rings. The average Bonchev–Trinajstić information content (AvgIpc) is 2.63. The van der Waals surface area contributed by atoms with Crippen LogP contribution in [0.5, 0.6) is 5.75 Å². The van der Waals surface area contributed by atoms with Crippen LogP contribution in [0.4, 0.5) is 10.1 Å². The van der Waals surface area contributed by atoms with Crippen LogP contribution in [0, 0.1) is 5.82 Å². The summed E-state index contributed by atoms with van der Waals surface area (Å²) in [6.45, 7) is 0. The molecule has 1 aliphatic carbocycles. The first kappa shape index (κ1) is 15.9. The van der Waals surface area contributed by atoms with Gasteiger partial charge >= 0.3 is 0 Å². The van der Waals surface area contributed by atoms with Crippen LogP contribution in [-0.4, -0.2) is 35.3 Å². The Morgan fingerprint density at radius 3 is 2.76 bits per heavy atom. The van der Waals surface area contributed by atoms with Crippen molar-refractivity contribution in [1.29, 1.82) is 0 Å². The Balaban J connectivity index is 1.49. The van der Waals surface area contributed by atoms with Gasteiger partial charge in [0.15, 0.2) is 0 Å². The van der Waals surface area contributed by atoms with Crippen LogP contribution >= 0.6 is 0 Å². The molecule has 130 valence electrons. The number of rotatable bonds is 2. The molecule has 3 N–H and O–H groups in total. The van der Waals surface area contributed by atoms with Crippen LogP contribution < -0.4 is 15.4 Å². The molecule has 0 unspecified atom stereocenters. The fourth-order valence-electron chi connectivity index (χ4n) is 3.56. The SMILES string of the molecule is O=C(N[C@@H]1CC[C@H]2Oc3ccccc3N[C@H]2[C@@H]1O)c1ccccc1F. The number of benzene rings is 2. The third-order valence-electron chi connectivity index (χ3n) is 4.87. The van der Waals surface area contributed by atoms with Gasteiger partial charge in [-0.2, -0.15) is 0 Å². The molecule has 0 spiro atoms. The van der Waals surface area contributed by atoms with Gasteiger partial charge in [0, 0.05) is 0 Å². The molecule has 0 saturated heterocycles. The van der Waals surface area contributed by atoms with E-state index < -0.39 is 23.9 Å². The highest BCUT2D eigenvalue weighted by Crippen LogP contribution is 2.36. The molecule has 2 aromatic carbocycles. The number of amides is 1. The van der Waals surface area contributed by atoms with E-state index in [2.05, 4.69) is 10.6 Å². The van der Waals surface area contributed by atoms with Crippen molar-refractivity contribution in [2.75, 3.05) is 5.32 Å². The second-order valence-electron chi connectivity index (χ2n) is 6.45. The van der Waals surface area contributed by atoms with Crippen LogP contribution in [0.2, 0.25) is 0 Å². The molecule has 2 aliphatic rings. The molecular weight excluding hydrogens is 323 g/mol. The van der Waals surface area contributed by atoms with Crippen molar-refractivity contribution < 1.29 is 19.0 Å². The number of carbonyl (C=O) groups is 1. The van der Waals surface area contributed by atoms with E-state index in [0.29, 0.717) is 12.8 Å². The molecule has 5 nitrogen and oxygen atoms in total. The van der Waals surface area contributed by atoms with Gasteiger partial charge in [0.1, 0.15) is 17.7 Å². The van der Waals surface area contributed by atoms with Gasteiger partial charge < -0.3 is 20.5 Å². The lowest BCUT2D eigenvalue weighted by atomic mass is 9.84. The van der Waals surface area contributed by atoms with E-state index in [1.54, 1.807) is 6.07 Å². The standard InChI is InChI=1S/C19H19FN2O3/c20-12-6-2-1-5-11(12)19(24)22-14-9-10-16-17(18(14)23)21-13-7-3-4-8-15(13)25-16/h1-8,14,16-18,21,23H,9-10H2,(H,22,24)/t14-,16-,17-,18-/m1/s1. The van der Waals surface area contributed by atoms with Crippen molar-refractivity contribution in [2.24, 2.45) is 0 Å². The van der Waals surface area contributed by atoms with Crippen LogP contribution in [0.1, 0.15) is 23.2 Å². The second kappa shape index (κ2) is 6.37. The first-order valence-electron chi connectivity index (χ1n) is 8.39. The molecule has 6 heteroatoms. The highest BCUT2D eigenvalue weighted by molar-refractivity contribution is 5.94. The minimum absolute atomic E-state index is 0.0185. The predicted molar refractivity (Wildman–Crippen MR) is 91.2 cm³/mol. The Labute approximate surface area is 144 Å². The number of aliphatic hydroxyl groups excluding tert-OH is 1. The number of halogens is 1. The van der Waals surface area contributed by atoms with E-state index in [0.717, 1.165) is 11.4 Å². The molecule has 2 aromatic rings. The van der Waals surface area contributed by atoms with Gasteiger partial charge in [0.05, 0.1) is 29.4 Å². The molecule has 4 rings (SSSR count). The van der Waals surface area contributed by atoms with Gasteiger partial charge in [-0.05, 0) is 37.1 Å². The smallest absolute Gasteiger partial charge is 0.254 e. The lowest BCUT2D eigenvalue weighted by Gasteiger charge is -2.44. The van der Waals surface area contributed by atoms with Gasteiger partial charge in [-0.1, -0.05) is 24.3 Å². The predicted octanol–water partition coefficient (Wildman–Crippen LogP) is 2.32. The summed E-state index contributed by atoms with van der Waals surface area (Å²) < 4.78 is 19.7. The van der Waals surface area contributed by atoms with E-state index >= 15 is 0 Å². The second-order valence-corrected chi connectivity index (χ2v) is 6.45. The van der Waals surface area contributed by atoms with Gasteiger partial charge in [0.2, 0.25) is 0 Å². The van der Waals surface area contributed by atoms with Gasteiger partial charge in [-0.3, -0.25) is 4.79 Å².